The second-order valence-corrected chi connectivity index (χ2v) is 9.59. The van der Waals surface area contributed by atoms with Gasteiger partial charge in [-0.3, -0.25) is 9.78 Å². The van der Waals surface area contributed by atoms with Crippen LogP contribution in [0.15, 0.2) is 70.1 Å². The molecule has 178 valence electrons. The minimum Gasteiger partial charge on any atom is -0.496 e. The van der Waals surface area contributed by atoms with Crippen molar-refractivity contribution in [2.75, 3.05) is 27.7 Å². The highest BCUT2D eigenvalue weighted by Gasteiger charge is 2.20. The van der Waals surface area contributed by atoms with E-state index in [4.69, 9.17) is 16.3 Å². The lowest BCUT2D eigenvalue weighted by Gasteiger charge is -2.12. The van der Waals surface area contributed by atoms with Crippen LogP contribution in [0, 0.1) is 0 Å². The largest absolute Gasteiger partial charge is 0.496 e. The molecule has 34 heavy (non-hydrogen) atoms. The van der Waals surface area contributed by atoms with Gasteiger partial charge in [-0.15, -0.1) is 4.40 Å². The molecule has 1 aromatic heterocycles. The Labute approximate surface area is 204 Å². The molecule has 0 unspecified atom stereocenters. The number of aromatic nitrogens is 1. The lowest BCUT2D eigenvalue weighted by molar-refractivity contribution is 0.0951. The Morgan fingerprint density at radius 1 is 1.18 bits per heavy atom. The van der Waals surface area contributed by atoms with Crippen LogP contribution in [-0.2, 0) is 16.4 Å². The minimum atomic E-state index is -3.99. The Kier molecular flexibility index (Phi) is 8.25. The zero-order valence-corrected chi connectivity index (χ0v) is 20.6. The zero-order valence-electron chi connectivity index (χ0n) is 19.0. The highest BCUT2D eigenvalue weighted by atomic mass is 35.5. The number of nitrogens with one attached hydrogen (secondary N) is 1. The number of carbonyl (C=O) groups excluding carboxylic acids is 1. The molecule has 8 nitrogen and oxygen atoms in total. The first kappa shape index (κ1) is 25.2. The lowest BCUT2D eigenvalue weighted by Crippen LogP contribution is -2.26. The summed E-state index contributed by atoms with van der Waals surface area (Å²) in [5.74, 6) is 0.0710. The standard InChI is InChI=1S/C24H25ClN4O4S/c1-29(2)16-28-34(31,32)23-14-17(7-9-19(23)21-6-4-5-12-26-21)11-13-27-24(30)20-15-18(25)8-10-22(20)33-3/h4-10,12,14-16H,11,13H2,1-3H3,(H,27,30)/b28-16+. The number of hydrogen-bond acceptors (Lipinski definition) is 5. The van der Waals surface area contributed by atoms with E-state index in [1.165, 1.54) is 19.5 Å². The molecule has 0 aliphatic rings. The molecule has 10 heteroatoms. The van der Waals surface area contributed by atoms with Crippen LogP contribution in [0.1, 0.15) is 15.9 Å². The van der Waals surface area contributed by atoms with Gasteiger partial charge < -0.3 is 15.0 Å². The fourth-order valence-corrected chi connectivity index (χ4v) is 4.50. The Bertz CT molecular complexity index is 1300. The SMILES string of the molecule is COc1ccc(Cl)cc1C(=O)NCCc1ccc(-c2ccccn2)c(S(=O)(=O)/N=C/N(C)C)c1. The summed E-state index contributed by atoms with van der Waals surface area (Å²) in [5.41, 5.74) is 2.01. The van der Waals surface area contributed by atoms with E-state index < -0.39 is 10.0 Å². The first-order valence-corrected chi connectivity index (χ1v) is 12.2. The van der Waals surface area contributed by atoms with Gasteiger partial charge >= 0.3 is 0 Å². The molecule has 2 aromatic carbocycles. The topological polar surface area (TPSA) is 101 Å². The van der Waals surface area contributed by atoms with Crippen LogP contribution in [-0.4, -0.2) is 58.3 Å². The van der Waals surface area contributed by atoms with Crippen LogP contribution in [0.5, 0.6) is 5.75 Å². The maximum absolute atomic E-state index is 13.0. The molecule has 0 saturated heterocycles. The average molecular weight is 501 g/mol. The molecular weight excluding hydrogens is 476 g/mol. The Balaban J connectivity index is 1.85. The number of ether oxygens (including phenoxy) is 1. The van der Waals surface area contributed by atoms with Crippen LogP contribution in [0.4, 0.5) is 0 Å². The number of hydrogen-bond donors (Lipinski definition) is 1. The third kappa shape index (κ3) is 6.33. The van der Waals surface area contributed by atoms with Gasteiger partial charge in [0.15, 0.2) is 0 Å². The van der Waals surface area contributed by atoms with Crippen LogP contribution < -0.4 is 10.1 Å². The number of rotatable bonds is 9. The van der Waals surface area contributed by atoms with E-state index in [-0.39, 0.29) is 17.3 Å². The maximum atomic E-state index is 13.0. The van der Waals surface area contributed by atoms with Gasteiger partial charge in [-0.05, 0) is 48.4 Å². The van der Waals surface area contributed by atoms with Crippen molar-refractivity contribution < 1.29 is 17.9 Å². The van der Waals surface area contributed by atoms with E-state index in [1.54, 1.807) is 67.7 Å². The average Bonchev–Trinajstić information content (AvgIpc) is 2.83. The molecule has 3 aromatic rings. The molecule has 0 aliphatic heterocycles. The maximum Gasteiger partial charge on any atom is 0.284 e. The molecule has 0 bridgehead atoms. The van der Waals surface area contributed by atoms with E-state index >= 15 is 0 Å². The van der Waals surface area contributed by atoms with Crippen molar-refractivity contribution in [2.24, 2.45) is 4.40 Å². The molecule has 0 saturated carbocycles. The van der Waals surface area contributed by atoms with Gasteiger partial charge in [0.25, 0.3) is 15.9 Å². The molecule has 1 N–H and O–H groups in total. The molecule has 0 atom stereocenters. The Hall–Kier alpha value is -3.43. The van der Waals surface area contributed by atoms with Crippen molar-refractivity contribution in [3.63, 3.8) is 0 Å². The molecule has 0 fully saturated rings. The summed E-state index contributed by atoms with van der Waals surface area (Å²) >= 11 is 6.01. The number of sulfonamides is 1. The van der Waals surface area contributed by atoms with Crippen LogP contribution in [0.2, 0.25) is 5.02 Å². The van der Waals surface area contributed by atoms with Gasteiger partial charge in [-0.1, -0.05) is 29.8 Å². The first-order chi connectivity index (χ1) is 16.2. The van der Waals surface area contributed by atoms with Crippen molar-refractivity contribution in [3.05, 3.63) is 76.9 Å². The van der Waals surface area contributed by atoms with Crippen molar-refractivity contribution in [1.29, 1.82) is 0 Å². The number of benzene rings is 2. The van der Waals surface area contributed by atoms with Gasteiger partial charge in [0, 0.05) is 37.4 Å². The van der Waals surface area contributed by atoms with Crippen LogP contribution in [0.25, 0.3) is 11.3 Å². The number of nitrogens with zero attached hydrogens (tertiary/aromatic N) is 3. The summed E-state index contributed by atoms with van der Waals surface area (Å²) in [6.45, 7) is 0.276. The van der Waals surface area contributed by atoms with E-state index in [0.717, 1.165) is 5.56 Å². The molecule has 1 amide bonds. The Morgan fingerprint density at radius 3 is 2.65 bits per heavy atom. The highest BCUT2D eigenvalue weighted by molar-refractivity contribution is 7.90. The number of carbonyl (C=O) groups is 1. The van der Waals surface area contributed by atoms with Gasteiger partial charge in [-0.2, -0.15) is 8.42 Å². The predicted octanol–water partition coefficient (Wildman–Crippen LogP) is 3.66. The molecule has 1 heterocycles. The van der Waals surface area contributed by atoms with Crippen molar-refractivity contribution in [1.82, 2.24) is 15.2 Å². The number of pyridine rings is 1. The number of methoxy groups -OCH3 is 1. The van der Waals surface area contributed by atoms with Crippen molar-refractivity contribution >= 4 is 33.9 Å². The summed E-state index contributed by atoms with van der Waals surface area (Å²) in [6, 6.07) is 15.2. The van der Waals surface area contributed by atoms with Gasteiger partial charge in [-0.25, -0.2) is 0 Å². The second-order valence-electron chi connectivity index (χ2n) is 7.56. The quantitative estimate of drug-likeness (QED) is 0.355. The third-order valence-corrected chi connectivity index (χ3v) is 6.29. The monoisotopic (exact) mass is 500 g/mol. The van der Waals surface area contributed by atoms with Gasteiger partial charge in [0.2, 0.25) is 0 Å². The highest BCUT2D eigenvalue weighted by Crippen LogP contribution is 2.28. The molecule has 0 spiro atoms. The van der Waals surface area contributed by atoms with Crippen molar-refractivity contribution in [2.45, 2.75) is 11.3 Å². The second kappa shape index (κ2) is 11.1. The summed E-state index contributed by atoms with van der Waals surface area (Å²) in [7, 11) is 0.865. The normalized spacial score (nSPS) is 11.4. The summed E-state index contributed by atoms with van der Waals surface area (Å²) in [4.78, 5) is 18.5. The fourth-order valence-electron chi connectivity index (χ4n) is 3.16. The van der Waals surface area contributed by atoms with Crippen molar-refractivity contribution in [3.8, 4) is 17.0 Å². The van der Waals surface area contributed by atoms with E-state index in [9.17, 15) is 13.2 Å². The van der Waals surface area contributed by atoms with Crippen LogP contribution >= 0.6 is 11.6 Å². The summed E-state index contributed by atoms with van der Waals surface area (Å²) < 4.78 is 35.0. The fraction of sp³-hybridized carbons (Fsp3) is 0.208. The molecule has 0 aliphatic carbocycles. The number of halogens is 1. The summed E-state index contributed by atoms with van der Waals surface area (Å²) in [6.07, 6.45) is 3.24. The summed E-state index contributed by atoms with van der Waals surface area (Å²) in [5, 5.41) is 3.24. The smallest absolute Gasteiger partial charge is 0.284 e. The van der Waals surface area contributed by atoms with E-state index in [1.807, 2.05) is 6.07 Å². The third-order valence-electron chi connectivity index (χ3n) is 4.79. The molecule has 0 radical (unpaired) electrons. The zero-order chi connectivity index (χ0) is 24.7. The molecule has 3 rings (SSSR count). The molecular formula is C24H25ClN4O4S. The van der Waals surface area contributed by atoms with E-state index in [2.05, 4.69) is 14.7 Å². The number of amides is 1. The van der Waals surface area contributed by atoms with Gasteiger partial charge in [0.05, 0.1) is 23.3 Å². The van der Waals surface area contributed by atoms with Gasteiger partial charge in [0.1, 0.15) is 12.1 Å². The lowest BCUT2D eigenvalue weighted by atomic mass is 10.1. The predicted molar refractivity (Wildman–Crippen MR) is 133 cm³/mol. The van der Waals surface area contributed by atoms with E-state index in [0.29, 0.717) is 34.0 Å². The minimum absolute atomic E-state index is 0.0460. The first-order valence-electron chi connectivity index (χ1n) is 10.3. The van der Waals surface area contributed by atoms with Crippen LogP contribution in [0.3, 0.4) is 0 Å². The Morgan fingerprint density at radius 2 is 1.97 bits per heavy atom.